The molecule has 0 amide bonds. The summed E-state index contributed by atoms with van der Waals surface area (Å²) in [6.45, 7) is 1.73. The third-order valence-corrected chi connectivity index (χ3v) is 4.78. The molecule has 0 aliphatic heterocycles. The second-order valence-corrected chi connectivity index (χ2v) is 6.91. The van der Waals surface area contributed by atoms with Crippen LogP contribution < -0.4 is 11.1 Å². The molecule has 3 aromatic rings. The molecule has 7 heteroatoms. The van der Waals surface area contributed by atoms with E-state index in [1.54, 1.807) is 25.3 Å². The lowest BCUT2D eigenvalue weighted by Gasteiger charge is -2.06. The lowest BCUT2D eigenvalue weighted by molar-refractivity contribution is 0.619. The van der Waals surface area contributed by atoms with E-state index in [1.165, 1.54) is 17.4 Å². The van der Waals surface area contributed by atoms with Gasteiger partial charge in [0.15, 0.2) is 5.13 Å². The zero-order valence-electron chi connectivity index (χ0n) is 13.1. The van der Waals surface area contributed by atoms with E-state index in [9.17, 15) is 4.39 Å². The maximum Gasteiger partial charge on any atom is 0.223 e. The Morgan fingerprint density at radius 3 is 2.83 bits per heavy atom. The fourth-order valence-electron chi connectivity index (χ4n) is 2.46. The van der Waals surface area contributed by atoms with Gasteiger partial charge in [-0.2, -0.15) is 0 Å². The number of nitrogen functional groups attached to an aromatic ring is 1. The Bertz CT molecular complexity index is 904. The molecule has 0 radical (unpaired) electrons. The number of hydrogen-bond acceptors (Lipinski definition) is 6. The summed E-state index contributed by atoms with van der Waals surface area (Å²) < 4.78 is 13.6. The van der Waals surface area contributed by atoms with Gasteiger partial charge >= 0.3 is 0 Å². The zero-order valence-corrected chi connectivity index (χ0v) is 13.9. The van der Waals surface area contributed by atoms with Crippen LogP contribution in [0.3, 0.4) is 0 Å². The van der Waals surface area contributed by atoms with Crippen molar-refractivity contribution in [2.75, 3.05) is 11.1 Å². The molecule has 0 spiro atoms. The van der Waals surface area contributed by atoms with E-state index in [1.807, 2.05) is 6.07 Å². The molecule has 0 unspecified atom stereocenters. The number of hydrogen-bond donors (Lipinski definition) is 2. The van der Waals surface area contributed by atoms with Crippen LogP contribution in [0.15, 0.2) is 30.5 Å². The normalized spacial score (nSPS) is 13.9. The molecule has 0 atom stereocenters. The van der Waals surface area contributed by atoms with Crippen LogP contribution in [0, 0.1) is 12.7 Å². The van der Waals surface area contributed by atoms with E-state index < -0.39 is 0 Å². The van der Waals surface area contributed by atoms with E-state index in [0.717, 1.165) is 34.7 Å². The molecule has 24 heavy (non-hydrogen) atoms. The van der Waals surface area contributed by atoms with Crippen LogP contribution in [0.5, 0.6) is 0 Å². The van der Waals surface area contributed by atoms with Gasteiger partial charge in [-0.3, -0.25) is 0 Å². The van der Waals surface area contributed by atoms with E-state index >= 15 is 0 Å². The molecule has 3 N–H and O–H groups in total. The standard InChI is InChI=1S/C17H16FN5S/c1-9-8-10(2-5-12(9)18)14-15(24-16(19)23-14)13-6-7-20-17(22-13)21-11-3-4-11/h2,5-8,11H,3-4H2,1H3,(H2,19,23)(H,20,21,22). The van der Waals surface area contributed by atoms with Crippen molar-refractivity contribution in [3.63, 3.8) is 0 Å². The predicted octanol–water partition coefficient (Wildman–Crippen LogP) is 3.87. The topological polar surface area (TPSA) is 76.7 Å². The number of nitrogens with zero attached hydrogens (tertiary/aromatic N) is 3. The van der Waals surface area contributed by atoms with Gasteiger partial charge in [0, 0.05) is 17.8 Å². The molecule has 0 bridgehead atoms. The summed E-state index contributed by atoms with van der Waals surface area (Å²) in [5, 5.41) is 3.75. The summed E-state index contributed by atoms with van der Waals surface area (Å²) in [5.74, 6) is 0.379. The number of thiazole rings is 1. The molecule has 1 saturated carbocycles. The number of aryl methyl sites for hydroxylation is 1. The Kier molecular flexibility index (Phi) is 3.65. The van der Waals surface area contributed by atoms with Crippen LogP contribution in [0.1, 0.15) is 18.4 Å². The van der Waals surface area contributed by atoms with Gasteiger partial charge in [0.05, 0.1) is 16.3 Å². The van der Waals surface area contributed by atoms with Crippen LogP contribution in [0.4, 0.5) is 15.5 Å². The van der Waals surface area contributed by atoms with E-state index in [-0.39, 0.29) is 5.82 Å². The first kappa shape index (κ1) is 15.0. The fraction of sp³-hybridized carbons (Fsp3) is 0.235. The number of rotatable bonds is 4. The first-order valence-electron chi connectivity index (χ1n) is 7.73. The molecule has 2 heterocycles. The molecular formula is C17H16FN5S. The Hall–Kier alpha value is -2.54. The highest BCUT2D eigenvalue weighted by Crippen LogP contribution is 2.37. The van der Waals surface area contributed by atoms with Gasteiger partial charge in [0.2, 0.25) is 5.95 Å². The molecule has 122 valence electrons. The summed E-state index contributed by atoms with van der Waals surface area (Å²) in [6, 6.07) is 7.25. The number of nitrogens with one attached hydrogen (secondary N) is 1. The minimum Gasteiger partial charge on any atom is -0.375 e. The van der Waals surface area contributed by atoms with Gasteiger partial charge in [-0.15, -0.1) is 0 Å². The van der Waals surface area contributed by atoms with Gasteiger partial charge in [-0.25, -0.2) is 19.3 Å². The number of aromatic nitrogens is 3. The highest BCUT2D eigenvalue weighted by atomic mass is 32.1. The first-order valence-corrected chi connectivity index (χ1v) is 8.54. The van der Waals surface area contributed by atoms with Gasteiger partial charge in [-0.1, -0.05) is 11.3 Å². The molecule has 2 aromatic heterocycles. The Morgan fingerprint density at radius 1 is 1.25 bits per heavy atom. The van der Waals surface area contributed by atoms with Crippen molar-refractivity contribution in [2.24, 2.45) is 0 Å². The van der Waals surface area contributed by atoms with Gasteiger partial charge in [-0.05, 0) is 49.6 Å². The summed E-state index contributed by atoms with van der Waals surface area (Å²) in [6.07, 6.45) is 4.03. The van der Waals surface area contributed by atoms with E-state index in [0.29, 0.717) is 22.7 Å². The average molecular weight is 341 g/mol. The van der Waals surface area contributed by atoms with Crippen LogP contribution in [0.25, 0.3) is 21.8 Å². The highest BCUT2D eigenvalue weighted by Gasteiger charge is 2.22. The van der Waals surface area contributed by atoms with Crippen LogP contribution >= 0.6 is 11.3 Å². The minimum atomic E-state index is -0.235. The van der Waals surface area contributed by atoms with Gasteiger partial charge in [0.25, 0.3) is 0 Å². The van der Waals surface area contributed by atoms with E-state index in [2.05, 4.69) is 20.3 Å². The highest BCUT2D eigenvalue weighted by molar-refractivity contribution is 7.19. The molecule has 1 aliphatic carbocycles. The monoisotopic (exact) mass is 341 g/mol. The van der Waals surface area contributed by atoms with Crippen LogP contribution in [0.2, 0.25) is 0 Å². The Balaban J connectivity index is 1.77. The summed E-state index contributed by atoms with van der Waals surface area (Å²) in [5.41, 5.74) is 8.81. The maximum absolute atomic E-state index is 13.6. The van der Waals surface area contributed by atoms with E-state index in [4.69, 9.17) is 5.73 Å². The summed E-state index contributed by atoms with van der Waals surface area (Å²) in [4.78, 5) is 14.1. The molecule has 1 fully saturated rings. The fourth-order valence-corrected chi connectivity index (χ4v) is 3.29. The van der Waals surface area contributed by atoms with Crippen LogP contribution in [-0.4, -0.2) is 21.0 Å². The van der Waals surface area contributed by atoms with Crippen molar-refractivity contribution < 1.29 is 4.39 Å². The van der Waals surface area contributed by atoms with Gasteiger partial charge in [0.1, 0.15) is 5.82 Å². The van der Waals surface area contributed by atoms with Crippen molar-refractivity contribution >= 4 is 22.4 Å². The molecule has 4 rings (SSSR count). The largest absolute Gasteiger partial charge is 0.375 e. The second-order valence-electron chi connectivity index (χ2n) is 5.88. The first-order chi connectivity index (χ1) is 11.6. The van der Waals surface area contributed by atoms with Crippen molar-refractivity contribution in [3.8, 4) is 21.8 Å². The smallest absolute Gasteiger partial charge is 0.223 e. The van der Waals surface area contributed by atoms with Crippen molar-refractivity contribution in [1.82, 2.24) is 15.0 Å². The third-order valence-electron chi connectivity index (χ3n) is 3.87. The second kappa shape index (κ2) is 5.83. The zero-order chi connectivity index (χ0) is 16.7. The number of benzene rings is 1. The number of nitrogens with two attached hydrogens (primary N) is 1. The number of anilines is 2. The molecule has 5 nitrogen and oxygen atoms in total. The predicted molar refractivity (Wildman–Crippen MR) is 94.3 cm³/mol. The Morgan fingerprint density at radius 2 is 2.08 bits per heavy atom. The van der Waals surface area contributed by atoms with Crippen molar-refractivity contribution in [1.29, 1.82) is 0 Å². The molecule has 0 saturated heterocycles. The number of halogens is 1. The molecule has 1 aliphatic rings. The van der Waals surface area contributed by atoms with Gasteiger partial charge < -0.3 is 11.1 Å². The van der Waals surface area contributed by atoms with Crippen LogP contribution in [-0.2, 0) is 0 Å². The molecule has 1 aromatic carbocycles. The maximum atomic E-state index is 13.6. The third kappa shape index (κ3) is 2.94. The quantitative estimate of drug-likeness (QED) is 0.753. The molecular weight excluding hydrogens is 325 g/mol. The minimum absolute atomic E-state index is 0.235. The summed E-state index contributed by atoms with van der Waals surface area (Å²) in [7, 11) is 0. The summed E-state index contributed by atoms with van der Waals surface area (Å²) >= 11 is 1.37. The van der Waals surface area contributed by atoms with Crippen molar-refractivity contribution in [3.05, 3.63) is 41.8 Å². The Labute approximate surface area is 142 Å². The SMILES string of the molecule is Cc1cc(-c2nc(N)sc2-c2ccnc(NC3CC3)n2)ccc1F. The average Bonchev–Trinajstić information content (AvgIpc) is 3.29. The van der Waals surface area contributed by atoms with Crippen molar-refractivity contribution in [2.45, 2.75) is 25.8 Å². The lowest BCUT2D eigenvalue weighted by Crippen LogP contribution is -2.05. The lowest BCUT2D eigenvalue weighted by atomic mass is 10.1.